The van der Waals surface area contributed by atoms with Gasteiger partial charge in [0, 0.05) is 11.6 Å². The molecule has 2 aromatic rings. The molecule has 0 radical (unpaired) electrons. The van der Waals surface area contributed by atoms with Gasteiger partial charge in [0.25, 0.3) is 0 Å². The molecule has 4 nitrogen and oxygen atoms in total. The molecule has 1 aliphatic carbocycles. The van der Waals surface area contributed by atoms with Gasteiger partial charge in [-0.25, -0.2) is 9.18 Å². The van der Waals surface area contributed by atoms with Crippen LogP contribution in [0.5, 0.6) is 5.75 Å². The summed E-state index contributed by atoms with van der Waals surface area (Å²) < 4.78 is 24.7. The zero-order chi connectivity index (χ0) is 18.0. The highest BCUT2D eigenvalue weighted by Crippen LogP contribution is 2.43. The molecule has 0 saturated heterocycles. The second-order valence-corrected chi connectivity index (χ2v) is 6.23. The van der Waals surface area contributed by atoms with Crippen molar-refractivity contribution in [1.29, 1.82) is 0 Å². The number of hydrogen-bond acceptors (Lipinski definition) is 4. The molecule has 0 aliphatic heterocycles. The third-order valence-corrected chi connectivity index (χ3v) is 4.52. The van der Waals surface area contributed by atoms with Crippen molar-refractivity contribution in [2.75, 3.05) is 13.7 Å². The number of halogens is 1. The van der Waals surface area contributed by atoms with E-state index < -0.39 is 5.97 Å². The Bertz CT molecular complexity index is 787. The maximum absolute atomic E-state index is 14.4. The average Bonchev–Trinajstić information content (AvgIpc) is 3.46. The molecule has 1 atom stereocenters. The third kappa shape index (κ3) is 3.66. The predicted octanol–water partition coefficient (Wildman–Crippen LogP) is 4.09. The van der Waals surface area contributed by atoms with Gasteiger partial charge in [-0.15, -0.1) is 0 Å². The highest BCUT2D eigenvalue weighted by molar-refractivity contribution is 5.91. The van der Waals surface area contributed by atoms with Gasteiger partial charge in [-0.2, -0.15) is 0 Å². The number of benzene rings is 2. The topological polar surface area (TPSA) is 61.5 Å². The molecular formula is C20H22FNO3. The minimum atomic E-state index is -0.399. The number of carbonyl (C=O) groups excluding carboxylic acids is 1. The quantitative estimate of drug-likeness (QED) is 0.803. The van der Waals surface area contributed by atoms with Crippen LogP contribution in [0.2, 0.25) is 0 Å². The number of nitrogens with two attached hydrogens (primary N) is 1. The zero-order valence-electron chi connectivity index (χ0n) is 14.4. The lowest BCUT2D eigenvalue weighted by atomic mass is 9.91. The van der Waals surface area contributed by atoms with Crippen LogP contribution >= 0.6 is 0 Å². The number of rotatable bonds is 6. The summed E-state index contributed by atoms with van der Waals surface area (Å²) in [5.74, 6) is 0.181. The average molecular weight is 343 g/mol. The van der Waals surface area contributed by atoms with Gasteiger partial charge in [-0.1, -0.05) is 6.07 Å². The maximum atomic E-state index is 14.4. The Labute approximate surface area is 146 Å². The number of ether oxygens (including phenoxy) is 2. The minimum Gasteiger partial charge on any atom is -0.497 e. The van der Waals surface area contributed by atoms with Gasteiger partial charge in [-0.3, -0.25) is 0 Å². The largest absolute Gasteiger partial charge is 0.497 e. The van der Waals surface area contributed by atoms with Crippen LogP contribution in [0.4, 0.5) is 4.39 Å². The van der Waals surface area contributed by atoms with Gasteiger partial charge >= 0.3 is 5.97 Å². The molecule has 1 saturated carbocycles. The molecule has 0 aromatic heterocycles. The SMILES string of the molecule is CCOC(=O)c1ccc(-c2cc(OC)ccc2F)c(C(N)C2CC2)c1. The first-order chi connectivity index (χ1) is 12.0. The molecule has 0 amide bonds. The van der Waals surface area contributed by atoms with E-state index in [1.165, 1.54) is 13.2 Å². The highest BCUT2D eigenvalue weighted by atomic mass is 19.1. The summed E-state index contributed by atoms with van der Waals surface area (Å²) in [5, 5.41) is 0. The molecular weight excluding hydrogens is 321 g/mol. The molecule has 0 spiro atoms. The number of esters is 1. The van der Waals surface area contributed by atoms with Crippen molar-refractivity contribution in [3.8, 4) is 16.9 Å². The molecule has 3 rings (SSSR count). The van der Waals surface area contributed by atoms with Crippen LogP contribution in [0.1, 0.15) is 41.7 Å². The van der Waals surface area contributed by atoms with Crippen molar-refractivity contribution in [2.45, 2.75) is 25.8 Å². The fourth-order valence-electron chi connectivity index (χ4n) is 2.97. The molecule has 2 N–H and O–H groups in total. The zero-order valence-corrected chi connectivity index (χ0v) is 14.4. The van der Waals surface area contributed by atoms with Gasteiger partial charge in [0.1, 0.15) is 11.6 Å². The fraction of sp³-hybridized carbons (Fsp3) is 0.350. The van der Waals surface area contributed by atoms with E-state index in [9.17, 15) is 9.18 Å². The molecule has 132 valence electrons. The Balaban J connectivity index is 2.10. The van der Waals surface area contributed by atoms with Crippen molar-refractivity contribution in [2.24, 2.45) is 11.7 Å². The fourth-order valence-corrected chi connectivity index (χ4v) is 2.97. The summed E-state index contributed by atoms with van der Waals surface area (Å²) in [7, 11) is 1.54. The first kappa shape index (κ1) is 17.4. The molecule has 0 heterocycles. The van der Waals surface area contributed by atoms with Crippen molar-refractivity contribution in [1.82, 2.24) is 0 Å². The summed E-state index contributed by atoms with van der Waals surface area (Å²) in [6.07, 6.45) is 2.09. The van der Waals surface area contributed by atoms with E-state index in [-0.39, 0.29) is 11.9 Å². The van der Waals surface area contributed by atoms with Crippen LogP contribution in [0.3, 0.4) is 0 Å². The Morgan fingerprint density at radius 2 is 2.00 bits per heavy atom. The number of methoxy groups -OCH3 is 1. The molecule has 1 unspecified atom stereocenters. The van der Waals surface area contributed by atoms with Crippen molar-refractivity contribution >= 4 is 5.97 Å². The molecule has 25 heavy (non-hydrogen) atoms. The Morgan fingerprint density at radius 1 is 1.24 bits per heavy atom. The lowest BCUT2D eigenvalue weighted by Gasteiger charge is -2.18. The lowest BCUT2D eigenvalue weighted by Crippen LogP contribution is -2.15. The molecule has 1 aliphatic rings. The molecule has 1 fully saturated rings. The van der Waals surface area contributed by atoms with E-state index in [1.54, 1.807) is 37.3 Å². The van der Waals surface area contributed by atoms with Crippen molar-refractivity contribution in [3.05, 3.63) is 53.3 Å². The predicted molar refractivity (Wildman–Crippen MR) is 94.0 cm³/mol. The summed E-state index contributed by atoms with van der Waals surface area (Å²) in [6.45, 7) is 2.06. The first-order valence-corrected chi connectivity index (χ1v) is 8.45. The van der Waals surface area contributed by atoms with E-state index in [2.05, 4.69) is 0 Å². The first-order valence-electron chi connectivity index (χ1n) is 8.45. The van der Waals surface area contributed by atoms with E-state index in [0.29, 0.717) is 35.0 Å². The Morgan fingerprint density at radius 3 is 2.64 bits per heavy atom. The van der Waals surface area contributed by atoms with Crippen LogP contribution in [0.25, 0.3) is 11.1 Å². The van der Waals surface area contributed by atoms with Crippen LogP contribution in [0.15, 0.2) is 36.4 Å². The number of carbonyl (C=O) groups is 1. The van der Waals surface area contributed by atoms with E-state index in [0.717, 1.165) is 18.4 Å². The minimum absolute atomic E-state index is 0.241. The Hall–Kier alpha value is -2.40. The summed E-state index contributed by atoms with van der Waals surface area (Å²) in [6, 6.07) is 9.48. The van der Waals surface area contributed by atoms with Crippen LogP contribution in [0, 0.1) is 11.7 Å². The second kappa shape index (κ2) is 7.23. The molecule has 0 bridgehead atoms. The van der Waals surface area contributed by atoms with Crippen LogP contribution in [-0.2, 0) is 4.74 Å². The monoisotopic (exact) mass is 343 g/mol. The number of hydrogen-bond donors (Lipinski definition) is 1. The maximum Gasteiger partial charge on any atom is 0.338 e. The van der Waals surface area contributed by atoms with Gasteiger partial charge in [-0.05, 0) is 67.1 Å². The van der Waals surface area contributed by atoms with Crippen molar-refractivity contribution in [3.63, 3.8) is 0 Å². The normalized spacial score (nSPS) is 14.9. The van der Waals surface area contributed by atoms with Crippen LogP contribution < -0.4 is 10.5 Å². The van der Waals surface area contributed by atoms with E-state index in [4.69, 9.17) is 15.2 Å². The van der Waals surface area contributed by atoms with Gasteiger partial charge < -0.3 is 15.2 Å². The van der Waals surface area contributed by atoms with E-state index in [1.807, 2.05) is 0 Å². The van der Waals surface area contributed by atoms with Gasteiger partial charge in [0.05, 0.1) is 19.3 Å². The van der Waals surface area contributed by atoms with E-state index >= 15 is 0 Å². The highest BCUT2D eigenvalue weighted by Gasteiger charge is 2.32. The molecule has 2 aromatic carbocycles. The van der Waals surface area contributed by atoms with Crippen molar-refractivity contribution < 1.29 is 18.7 Å². The lowest BCUT2D eigenvalue weighted by molar-refractivity contribution is 0.0526. The third-order valence-electron chi connectivity index (χ3n) is 4.52. The summed E-state index contributed by atoms with van der Waals surface area (Å²) >= 11 is 0. The standard InChI is InChI=1S/C20H22FNO3/c1-3-25-20(23)13-6-8-15(17(10-13)19(22)12-4-5-12)16-11-14(24-2)7-9-18(16)21/h6-12,19H,3-5,22H2,1-2H3. The van der Waals surface area contributed by atoms with Gasteiger partial charge in [0.15, 0.2) is 0 Å². The van der Waals surface area contributed by atoms with Crippen LogP contribution in [-0.4, -0.2) is 19.7 Å². The smallest absolute Gasteiger partial charge is 0.338 e. The summed E-state index contributed by atoms with van der Waals surface area (Å²) in [5.41, 5.74) is 8.69. The second-order valence-electron chi connectivity index (χ2n) is 6.23. The van der Waals surface area contributed by atoms with Gasteiger partial charge in [0.2, 0.25) is 0 Å². The molecule has 5 heteroatoms. The summed E-state index contributed by atoms with van der Waals surface area (Å²) in [4.78, 5) is 12.1. The Kier molecular flexibility index (Phi) is 5.04.